The molecule has 2 heterocycles. The summed E-state index contributed by atoms with van der Waals surface area (Å²) in [5, 5.41) is 7.93. The van der Waals surface area contributed by atoms with Crippen molar-refractivity contribution in [3.05, 3.63) is 42.7 Å². The van der Waals surface area contributed by atoms with Gasteiger partial charge in [0.05, 0.1) is 17.8 Å². The lowest BCUT2D eigenvalue weighted by Gasteiger charge is -1.98. The first-order valence-corrected chi connectivity index (χ1v) is 6.66. The van der Waals surface area contributed by atoms with Crippen LogP contribution in [-0.4, -0.2) is 21.9 Å². The molecule has 0 fully saturated rings. The minimum absolute atomic E-state index is 0.192. The lowest BCUT2D eigenvalue weighted by atomic mass is 10.2. The molecular weight excluding hydrogens is 292 g/mol. The van der Waals surface area contributed by atoms with Gasteiger partial charge in [-0.1, -0.05) is 0 Å². The third-order valence-corrected chi connectivity index (χ3v) is 2.95. The molecule has 3 rings (SSSR count). The Morgan fingerprint density at radius 2 is 1.90 bits per heavy atom. The van der Waals surface area contributed by atoms with Gasteiger partial charge in [0.25, 0.3) is 5.89 Å². The van der Waals surface area contributed by atoms with Gasteiger partial charge < -0.3 is 14.6 Å². The van der Waals surface area contributed by atoms with Gasteiger partial charge in [-0.25, -0.2) is 4.99 Å². The molecule has 0 saturated heterocycles. The number of halogens is 1. The molecule has 0 aliphatic rings. The Labute approximate surface area is 125 Å². The predicted octanol–water partition coefficient (Wildman–Crippen LogP) is 3.22. The number of alkyl halides is 1. The zero-order valence-corrected chi connectivity index (χ0v) is 11.6. The van der Waals surface area contributed by atoms with Crippen molar-refractivity contribution < 1.29 is 8.83 Å². The molecule has 0 aliphatic carbocycles. The number of hydrogen-bond donors (Lipinski definition) is 1. The van der Waals surface area contributed by atoms with Crippen LogP contribution in [0, 0.1) is 0 Å². The van der Waals surface area contributed by atoms with Crippen molar-refractivity contribution >= 4 is 23.1 Å². The van der Waals surface area contributed by atoms with Crippen LogP contribution in [0.5, 0.6) is 0 Å². The molecule has 21 heavy (non-hydrogen) atoms. The highest BCUT2D eigenvalue weighted by Gasteiger charge is 2.12. The van der Waals surface area contributed by atoms with E-state index in [1.54, 1.807) is 30.5 Å². The summed E-state index contributed by atoms with van der Waals surface area (Å²) in [6.45, 7) is 0. The summed E-state index contributed by atoms with van der Waals surface area (Å²) < 4.78 is 10.8. The number of nitrogens with two attached hydrogens (primary N) is 1. The Morgan fingerprint density at radius 3 is 2.57 bits per heavy atom. The number of rotatable bonds is 4. The number of amidine groups is 1. The lowest BCUT2D eigenvalue weighted by Crippen LogP contribution is -2.12. The highest BCUT2D eigenvalue weighted by molar-refractivity contribution is 6.28. The molecule has 0 spiro atoms. The zero-order valence-electron chi connectivity index (χ0n) is 10.9. The molecule has 0 unspecified atom stereocenters. The van der Waals surface area contributed by atoms with Crippen LogP contribution in [0.4, 0.5) is 5.69 Å². The fourth-order valence-corrected chi connectivity index (χ4v) is 1.77. The van der Waals surface area contributed by atoms with Crippen LogP contribution in [0.15, 0.2) is 56.5 Å². The molecule has 1 aromatic carbocycles. The molecule has 7 heteroatoms. The zero-order chi connectivity index (χ0) is 14.7. The molecule has 0 bridgehead atoms. The van der Waals surface area contributed by atoms with Gasteiger partial charge in [0.1, 0.15) is 5.84 Å². The summed E-state index contributed by atoms with van der Waals surface area (Å²) in [5.41, 5.74) is 7.07. The molecular formula is C14H11ClN4O2. The molecule has 0 atom stereocenters. The predicted molar refractivity (Wildman–Crippen MR) is 79.4 cm³/mol. The largest absolute Gasteiger partial charge is 0.459 e. The van der Waals surface area contributed by atoms with Gasteiger partial charge in [-0.2, -0.15) is 0 Å². The Kier molecular flexibility index (Phi) is 3.70. The number of nitrogens with zero attached hydrogens (tertiary/aromatic N) is 3. The molecule has 0 saturated carbocycles. The van der Waals surface area contributed by atoms with E-state index in [4.69, 9.17) is 26.2 Å². The van der Waals surface area contributed by atoms with Crippen LogP contribution < -0.4 is 5.73 Å². The summed E-state index contributed by atoms with van der Waals surface area (Å²) in [6, 6.07) is 10.7. The Balaban J connectivity index is 1.85. The van der Waals surface area contributed by atoms with Gasteiger partial charge in [0.15, 0.2) is 5.76 Å². The van der Waals surface area contributed by atoms with E-state index >= 15 is 0 Å². The van der Waals surface area contributed by atoms with Crippen molar-refractivity contribution in [2.45, 2.75) is 0 Å². The van der Waals surface area contributed by atoms with E-state index in [1.807, 2.05) is 12.1 Å². The highest BCUT2D eigenvalue weighted by atomic mass is 35.5. The monoisotopic (exact) mass is 302 g/mol. The molecule has 3 aromatic rings. The molecule has 6 nitrogen and oxygen atoms in total. The standard InChI is InChI=1S/C14H11ClN4O2/c15-8-12(16)17-10-5-3-9(4-6-10)13-18-19-14(21-13)11-2-1-7-20-11/h1-7H,8H2,(H2,16,17). The van der Waals surface area contributed by atoms with E-state index in [1.165, 1.54) is 0 Å². The highest BCUT2D eigenvalue weighted by Crippen LogP contribution is 2.25. The van der Waals surface area contributed by atoms with Gasteiger partial charge in [-0.3, -0.25) is 0 Å². The topological polar surface area (TPSA) is 90.4 Å². The molecule has 106 valence electrons. The number of benzene rings is 1. The Morgan fingerprint density at radius 1 is 1.14 bits per heavy atom. The van der Waals surface area contributed by atoms with Crippen molar-refractivity contribution in [2.24, 2.45) is 10.7 Å². The minimum Gasteiger partial charge on any atom is -0.459 e. The van der Waals surface area contributed by atoms with Crippen LogP contribution in [0.2, 0.25) is 0 Å². The summed E-state index contributed by atoms with van der Waals surface area (Å²) in [5.74, 6) is 1.83. The average molecular weight is 303 g/mol. The Hall–Kier alpha value is -2.60. The maximum Gasteiger partial charge on any atom is 0.283 e. The number of furan rings is 1. The average Bonchev–Trinajstić information content (AvgIpc) is 3.19. The maximum atomic E-state index is 5.58. The molecule has 2 aromatic heterocycles. The first-order valence-electron chi connectivity index (χ1n) is 6.13. The lowest BCUT2D eigenvalue weighted by molar-refractivity contribution is 0.523. The first-order chi connectivity index (χ1) is 10.3. The van der Waals surface area contributed by atoms with Gasteiger partial charge in [0, 0.05) is 5.56 Å². The van der Waals surface area contributed by atoms with Crippen molar-refractivity contribution in [3.8, 4) is 23.1 Å². The SMILES string of the molecule is NC(CCl)=Nc1ccc(-c2nnc(-c3ccco3)o2)cc1. The third-order valence-electron chi connectivity index (χ3n) is 2.68. The van der Waals surface area contributed by atoms with Crippen molar-refractivity contribution in [2.75, 3.05) is 5.88 Å². The van der Waals surface area contributed by atoms with Crippen LogP contribution in [0.3, 0.4) is 0 Å². The normalized spacial score (nSPS) is 11.8. The maximum absolute atomic E-state index is 5.58. The van der Waals surface area contributed by atoms with Gasteiger partial charge in [-0.15, -0.1) is 21.8 Å². The van der Waals surface area contributed by atoms with Crippen LogP contribution in [0.25, 0.3) is 23.1 Å². The van der Waals surface area contributed by atoms with E-state index in [9.17, 15) is 0 Å². The third kappa shape index (κ3) is 2.95. The van der Waals surface area contributed by atoms with Gasteiger partial charge in [0.2, 0.25) is 5.89 Å². The molecule has 2 N–H and O–H groups in total. The second-order valence-electron chi connectivity index (χ2n) is 4.17. The van der Waals surface area contributed by atoms with E-state index in [0.717, 1.165) is 5.56 Å². The first kappa shape index (κ1) is 13.4. The van der Waals surface area contributed by atoms with Crippen LogP contribution in [0.1, 0.15) is 0 Å². The molecule has 0 aliphatic heterocycles. The second kappa shape index (κ2) is 5.80. The minimum atomic E-state index is 0.192. The summed E-state index contributed by atoms with van der Waals surface area (Å²) >= 11 is 5.58. The van der Waals surface area contributed by atoms with Gasteiger partial charge >= 0.3 is 0 Å². The Bertz CT molecular complexity index is 748. The van der Waals surface area contributed by atoms with E-state index in [2.05, 4.69) is 15.2 Å². The van der Waals surface area contributed by atoms with Crippen LogP contribution in [-0.2, 0) is 0 Å². The van der Waals surface area contributed by atoms with Crippen molar-refractivity contribution in [1.82, 2.24) is 10.2 Å². The smallest absolute Gasteiger partial charge is 0.283 e. The summed E-state index contributed by atoms with van der Waals surface area (Å²) in [6.07, 6.45) is 1.55. The molecule has 0 amide bonds. The molecule has 0 radical (unpaired) electrons. The number of hydrogen-bond acceptors (Lipinski definition) is 5. The fraction of sp³-hybridized carbons (Fsp3) is 0.0714. The summed E-state index contributed by atoms with van der Waals surface area (Å²) in [4.78, 5) is 4.14. The van der Waals surface area contributed by atoms with E-state index in [0.29, 0.717) is 29.1 Å². The van der Waals surface area contributed by atoms with E-state index < -0.39 is 0 Å². The van der Waals surface area contributed by atoms with Crippen LogP contribution >= 0.6 is 11.6 Å². The number of aromatic nitrogens is 2. The van der Waals surface area contributed by atoms with Gasteiger partial charge in [-0.05, 0) is 36.4 Å². The van der Waals surface area contributed by atoms with Crippen molar-refractivity contribution in [1.29, 1.82) is 0 Å². The summed E-state index contributed by atoms with van der Waals surface area (Å²) in [7, 11) is 0. The van der Waals surface area contributed by atoms with Crippen molar-refractivity contribution in [3.63, 3.8) is 0 Å². The second-order valence-corrected chi connectivity index (χ2v) is 4.44. The van der Waals surface area contributed by atoms with E-state index in [-0.39, 0.29) is 5.88 Å². The number of aliphatic imine (C=N–C) groups is 1. The fourth-order valence-electron chi connectivity index (χ4n) is 1.71. The quantitative estimate of drug-likeness (QED) is 0.454.